The van der Waals surface area contributed by atoms with Crippen molar-refractivity contribution in [2.75, 3.05) is 13.1 Å². The first-order chi connectivity index (χ1) is 8.25. The molecule has 4 heteroatoms. The summed E-state index contributed by atoms with van der Waals surface area (Å²) < 4.78 is 0. The topological polar surface area (TPSA) is 41.1 Å². The van der Waals surface area contributed by atoms with Crippen LogP contribution in [0.5, 0.6) is 0 Å². The molecule has 0 aliphatic carbocycles. The molecule has 1 amide bonds. The van der Waals surface area contributed by atoms with Gasteiger partial charge in [0.2, 0.25) is 5.91 Å². The quantitative estimate of drug-likeness (QED) is 0.858. The molecule has 2 atom stereocenters. The van der Waals surface area contributed by atoms with Crippen molar-refractivity contribution in [1.82, 2.24) is 10.6 Å². The van der Waals surface area contributed by atoms with E-state index in [2.05, 4.69) is 35.1 Å². The Balaban J connectivity index is 1.77. The zero-order valence-electron chi connectivity index (χ0n) is 10.2. The lowest BCUT2D eigenvalue weighted by Crippen LogP contribution is -2.44. The van der Waals surface area contributed by atoms with Gasteiger partial charge in [0.15, 0.2) is 0 Å². The van der Waals surface area contributed by atoms with Crippen LogP contribution in [0.25, 0.3) is 0 Å². The fourth-order valence-corrected chi connectivity index (χ4v) is 3.05. The van der Waals surface area contributed by atoms with Crippen molar-refractivity contribution in [1.29, 1.82) is 0 Å². The summed E-state index contributed by atoms with van der Waals surface area (Å²) in [6.45, 7) is 3.96. The number of nitrogens with one attached hydrogen (secondary N) is 2. The number of piperidine rings is 1. The number of carbonyl (C=O) groups excluding carboxylic acids is 1. The fraction of sp³-hybridized carbons (Fsp3) is 0.615. The fourth-order valence-electron chi connectivity index (χ4n) is 2.22. The molecule has 0 saturated carbocycles. The third kappa shape index (κ3) is 3.82. The zero-order chi connectivity index (χ0) is 12.1. The highest BCUT2D eigenvalue weighted by molar-refractivity contribution is 7.09. The summed E-state index contributed by atoms with van der Waals surface area (Å²) in [4.78, 5) is 13.3. The Morgan fingerprint density at radius 1 is 1.71 bits per heavy atom. The molecule has 0 radical (unpaired) electrons. The van der Waals surface area contributed by atoms with Gasteiger partial charge in [-0.3, -0.25) is 4.79 Å². The van der Waals surface area contributed by atoms with Crippen LogP contribution in [0.4, 0.5) is 0 Å². The van der Waals surface area contributed by atoms with Gasteiger partial charge in [-0.25, -0.2) is 0 Å². The third-order valence-corrected chi connectivity index (χ3v) is 4.04. The van der Waals surface area contributed by atoms with Crippen LogP contribution >= 0.6 is 11.3 Å². The lowest BCUT2D eigenvalue weighted by Gasteiger charge is -2.23. The molecule has 3 nitrogen and oxygen atoms in total. The van der Waals surface area contributed by atoms with E-state index < -0.39 is 0 Å². The minimum absolute atomic E-state index is 0.162. The summed E-state index contributed by atoms with van der Waals surface area (Å²) in [6, 6.07) is 4.40. The average molecular weight is 252 g/mol. The van der Waals surface area contributed by atoms with Crippen LogP contribution in [0.2, 0.25) is 0 Å². The molecule has 1 aromatic rings. The second-order valence-corrected chi connectivity index (χ2v) is 5.77. The first kappa shape index (κ1) is 12.6. The molecule has 2 rings (SSSR count). The monoisotopic (exact) mass is 252 g/mol. The molecule has 17 heavy (non-hydrogen) atoms. The summed E-state index contributed by atoms with van der Waals surface area (Å²) >= 11 is 1.75. The largest absolute Gasteiger partial charge is 0.353 e. The molecule has 1 aliphatic heterocycles. The Kier molecular flexibility index (Phi) is 4.57. The third-order valence-electron chi connectivity index (χ3n) is 3.14. The van der Waals surface area contributed by atoms with Crippen molar-refractivity contribution in [2.45, 2.75) is 32.2 Å². The van der Waals surface area contributed by atoms with Crippen LogP contribution in [0.3, 0.4) is 0 Å². The van der Waals surface area contributed by atoms with E-state index in [-0.39, 0.29) is 17.9 Å². The van der Waals surface area contributed by atoms with Crippen LogP contribution in [-0.2, 0) is 11.2 Å². The van der Waals surface area contributed by atoms with Gasteiger partial charge in [0, 0.05) is 23.9 Å². The lowest BCUT2D eigenvalue weighted by atomic mass is 9.98. The maximum atomic E-state index is 12.0. The van der Waals surface area contributed by atoms with Gasteiger partial charge in [0.25, 0.3) is 0 Å². The summed E-state index contributed by atoms with van der Waals surface area (Å²) in [5.41, 5.74) is 0. The SMILES string of the molecule is CC(Cc1cccs1)NC(=O)[C@@H]1CCCNC1. The van der Waals surface area contributed by atoms with Crippen LogP contribution in [0.15, 0.2) is 17.5 Å². The van der Waals surface area contributed by atoms with Gasteiger partial charge in [0.1, 0.15) is 0 Å². The normalized spacial score (nSPS) is 22.1. The Labute approximate surface area is 107 Å². The maximum Gasteiger partial charge on any atom is 0.224 e. The minimum Gasteiger partial charge on any atom is -0.353 e. The highest BCUT2D eigenvalue weighted by atomic mass is 32.1. The number of hydrogen-bond acceptors (Lipinski definition) is 3. The molecule has 1 saturated heterocycles. The molecule has 2 heterocycles. The smallest absolute Gasteiger partial charge is 0.224 e. The zero-order valence-corrected chi connectivity index (χ0v) is 11.1. The molecule has 1 aliphatic rings. The van der Waals surface area contributed by atoms with E-state index in [1.807, 2.05) is 0 Å². The van der Waals surface area contributed by atoms with Crippen molar-refractivity contribution in [3.05, 3.63) is 22.4 Å². The molecule has 1 fully saturated rings. The number of thiophene rings is 1. The summed E-state index contributed by atoms with van der Waals surface area (Å²) in [5, 5.41) is 8.47. The highest BCUT2D eigenvalue weighted by Gasteiger charge is 2.21. The molecule has 0 bridgehead atoms. The predicted octanol–water partition coefficient (Wildman–Crippen LogP) is 1.79. The Hall–Kier alpha value is -0.870. The molecule has 94 valence electrons. The van der Waals surface area contributed by atoms with Crippen molar-refractivity contribution in [3.8, 4) is 0 Å². The van der Waals surface area contributed by atoms with Crippen molar-refractivity contribution in [3.63, 3.8) is 0 Å². The van der Waals surface area contributed by atoms with E-state index in [0.29, 0.717) is 0 Å². The van der Waals surface area contributed by atoms with Gasteiger partial charge in [-0.05, 0) is 37.8 Å². The molecule has 1 aromatic heterocycles. The van der Waals surface area contributed by atoms with E-state index in [9.17, 15) is 4.79 Å². The lowest BCUT2D eigenvalue weighted by molar-refractivity contribution is -0.126. The first-order valence-corrected chi connectivity index (χ1v) is 7.17. The van der Waals surface area contributed by atoms with Crippen LogP contribution in [0.1, 0.15) is 24.6 Å². The number of amides is 1. The molecule has 0 aromatic carbocycles. The summed E-state index contributed by atoms with van der Waals surface area (Å²) in [5.74, 6) is 0.371. The van der Waals surface area contributed by atoms with E-state index in [4.69, 9.17) is 0 Å². The van der Waals surface area contributed by atoms with Crippen molar-refractivity contribution in [2.24, 2.45) is 5.92 Å². The van der Waals surface area contributed by atoms with Crippen LogP contribution in [-0.4, -0.2) is 25.0 Å². The second-order valence-electron chi connectivity index (χ2n) is 4.74. The Bertz CT molecular complexity index is 344. The number of rotatable bonds is 4. The standard InChI is InChI=1S/C13H20N2OS/c1-10(8-12-5-3-7-17-12)15-13(16)11-4-2-6-14-9-11/h3,5,7,10-11,14H,2,4,6,8-9H2,1H3,(H,15,16)/t10?,11-/m1/s1. The van der Waals surface area contributed by atoms with Crippen molar-refractivity contribution >= 4 is 17.2 Å². The van der Waals surface area contributed by atoms with Gasteiger partial charge in [-0.15, -0.1) is 11.3 Å². The Morgan fingerprint density at radius 2 is 2.59 bits per heavy atom. The molecule has 0 spiro atoms. The van der Waals surface area contributed by atoms with Gasteiger partial charge in [-0.2, -0.15) is 0 Å². The predicted molar refractivity (Wildman–Crippen MR) is 71.2 cm³/mol. The van der Waals surface area contributed by atoms with Crippen LogP contribution < -0.4 is 10.6 Å². The highest BCUT2D eigenvalue weighted by Crippen LogP contribution is 2.13. The van der Waals surface area contributed by atoms with E-state index in [1.165, 1.54) is 4.88 Å². The average Bonchev–Trinajstić information content (AvgIpc) is 2.82. The maximum absolute atomic E-state index is 12.0. The molecular weight excluding hydrogens is 232 g/mol. The van der Waals surface area contributed by atoms with E-state index in [1.54, 1.807) is 11.3 Å². The second kappa shape index (κ2) is 6.17. The summed E-state index contributed by atoms with van der Waals surface area (Å²) in [6.07, 6.45) is 3.06. The van der Waals surface area contributed by atoms with Gasteiger partial charge >= 0.3 is 0 Å². The van der Waals surface area contributed by atoms with Crippen molar-refractivity contribution < 1.29 is 4.79 Å². The Morgan fingerprint density at radius 3 is 3.24 bits per heavy atom. The first-order valence-electron chi connectivity index (χ1n) is 6.29. The number of carbonyl (C=O) groups is 1. The van der Waals surface area contributed by atoms with Crippen LogP contribution in [0, 0.1) is 5.92 Å². The van der Waals surface area contributed by atoms with E-state index >= 15 is 0 Å². The van der Waals surface area contributed by atoms with Gasteiger partial charge in [0.05, 0.1) is 5.92 Å². The van der Waals surface area contributed by atoms with Gasteiger partial charge in [-0.1, -0.05) is 6.07 Å². The molecule has 2 N–H and O–H groups in total. The van der Waals surface area contributed by atoms with E-state index in [0.717, 1.165) is 32.4 Å². The molecular formula is C13H20N2OS. The summed E-state index contributed by atoms with van der Waals surface area (Å²) in [7, 11) is 0. The number of hydrogen-bond donors (Lipinski definition) is 2. The minimum atomic E-state index is 0.162. The molecule has 1 unspecified atom stereocenters. The van der Waals surface area contributed by atoms with Gasteiger partial charge < -0.3 is 10.6 Å².